The fraction of sp³-hybridized carbons (Fsp3) is 0.500. The summed E-state index contributed by atoms with van der Waals surface area (Å²) in [6, 6.07) is 8.96. The molecule has 0 bridgehead atoms. The van der Waals surface area contributed by atoms with Crippen LogP contribution >= 0.6 is 35.3 Å². The third-order valence-corrected chi connectivity index (χ3v) is 6.10. The highest BCUT2D eigenvalue weighted by Gasteiger charge is 2.14. The van der Waals surface area contributed by atoms with E-state index in [1.807, 2.05) is 11.8 Å². The summed E-state index contributed by atoms with van der Waals surface area (Å²) in [6.45, 7) is 0. The van der Waals surface area contributed by atoms with Crippen molar-refractivity contribution in [2.75, 3.05) is 17.8 Å². The number of rotatable bonds is 3. The Morgan fingerprint density at radius 1 is 1.33 bits per heavy atom. The summed E-state index contributed by atoms with van der Waals surface area (Å²) in [7, 11) is 0. The average molecular weight is 256 g/mol. The first-order chi connectivity index (χ1) is 7.38. The van der Waals surface area contributed by atoms with Gasteiger partial charge in [-0.2, -0.15) is 0 Å². The molecule has 0 atom stereocenters. The molecule has 0 N–H and O–H groups in total. The molecule has 1 heterocycles. The van der Waals surface area contributed by atoms with Gasteiger partial charge in [-0.1, -0.05) is 12.1 Å². The minimum absolute atomic E-state index is 0.788. The maximum absolute atomic E-state index is 2.33. The molecule has 1 fully saturated rings. The molecule has 1 aliphatic heterocycles. The highest BCUT2D eigenvalue weighted by molar-refractivity contribution is 8.17. The maximum Gasteiger partial charge on any atom is 0.0542 e. The van der Waals surface area contributed by atoms with Crippen LogP contribution in [0.2, 0.25) is 0 Å². The molecule has 0 radical (unpaired) electrons. The summed E-state index contributed by atoms with van der Waals surface area (Å²) in [5.41, 5.74) is 1.49. The van der Waals surface area contributed by atoms with E-state index in [-0.39, 0.29) is 0 Å². The first-order valence-electron chi connectivity index (χ1n) is 5.24. The summed E-state index contributed by atoms with van der Waals surface area (Å²) in [5, 5.41) is 0. The van der Waals surface area contributed by atoms with E-state index < -0.39 is 0 Å². The fourth-order valence-electron chi connectivity index (χ4n) is 1.65. The van der Waals surface area contributed by atoms with Crippen molar-refractivity contribution in [3.8, 4) is 0 Å². The molecule has 15 heavy (non-hydrogen) atoms. The van der Waals surface area contributed by atoms with Crippen molar-refractivity contribution in [1.82, 2.24) is 0 Å². The summed E-state index contributed by atoms with van der Waals surface area (Å²) in [6.07, 6.45) is 4.75. The molecule has 0 nitrogen and oxygen atoms in total. The summed E-state index contributed by atoms with van der Waals surface area (Å²) >= 11 is 6.09. The van der Waals surface area contributed by atoms with Crippen LogP contribution in [0.3, 0.4) is 0 Å². The Kier molecular flexibility index (Phi) is 4.79. The molecule has 3 heteroatoms. The van der Waals surface area contributed by atoms with Crippen LogP contribution in [0.15, 0.2) is 29.2 Å². The molecule has 0 aliphatic carbocycles. The lowest BCUT2D eigenvalue weighted by atomic mass is 10.2. The lowest BCUT2D eigenvalue weighted by Crippen LogP contribution is -2.09. The third-order valence-electron chi connectivity index (χ3n) is 2.43. The zero-order chi connectivity index (χ0) is 10.5. The molecule has 2 rings (SSSR count). The van der Waals surface area contributed by atoms with Crippen molar-refractivity contribution in [3.63, 3.8) is 0 Å². The van der Waals surface area contributed by atoms with E-state index in [2.05, 4.69) is 54.0 Å². The van der Waals surface area contributed by atoms with Crippen molar-refractivity contribution in [2.45, 2.75) is 22.3 Å². The van der Waals surface area contributed by atoms with E-state index in [9.17, 15) is 0 Å². The number of hydrogen-bond donors (Lipinski definition) is 0. The Morgan fingerprint density at radius 2 is 2.13 bits per heavy atom. The summed E-state index contributed by atoms with van der Waals surface area (Å²) in [4.78, 5) is 1.39. The van der Waals surface area contributed by atoms with Gasteiger partial charge in [-0.15, -0.1) is 35.3 Å². The van der Waals surface area contributed by atoms with Crippen LogP contribution in [0.25, 0.3) is 0 Å². The van der Waals surface area contributed by atoms with Gasteiger partial charge in [-0.05, 0) is 48.3 Å². The van der Waals surface area contributed by atoms with E-state index in [4.69, 9.17) is 0 Å². The number of hydrogen-bond acceptors (Lipinski definition) is 3. The Labute approximate surface area is 105 Å². The van der Waals surface area contributed by atoms with Crippen LogP contribution in [0.1, 0.15) is 12.0 Å². The SMILES string of the molecule is CSc1cccc(CC2SCCCS2)c1. The first kappa shape index (κ1) is 11.7. The minimum Gasteiger partial charge on any atom is -0.147 e. The van der Waals surface area contributed by atoms with Gasteiger partial charge < -0.3 is 0 Å². The molecule has 1 saturated heterocycles. The van der Waals surface area contributed by atoms with E-state index in [0.717, 1.165) is 4.58 Å². The highest BCUT2D eigenvalue weighted by Crippen LogP contribution is 2.33. The normalized spacial score (nSPS) is 17.9. The van der Waals surface area contributed by atoms with E-state index >= 15 is 0 Å². The lowest BCUT2D eigenvalue weighted by molar-refractivity contribution is 1.04. The molecule has 0 saturated carbocycles. The van der Waals surface area contributed by atoms with Gasteiger partial charge in [-0.3, -0.25) is 0 Å². The van der Waals surface area contributed by atoms with Crippen molar-refractivity contribution >= 4 is 35.3 Å². The number of thioether (sulfide) groups is 3. The van der Waals surface area contributed by atoms with Gasteiger partial charge in [0.1, 0.15) is 0 Å². The molecule has 1 aliphatic rings. The second kappa shape index (κ2) is 6.12. The van der Waals surface area contributed by atoms with Gasteiger partial charge in [-0.25, -0.2) is 0 Å². The molecule has 0 aromatic heterocycles. The van der Waals surface area contributed by atoms with Gasteiger partial charge in [0.25, 0.3) is 0 Å². The molecular weight excluding hydrogens is 240 g/mol. The summed E-state index contributed by atoms with van der Waals surface area (Å²) in [5.74, 6) is 2.69. The quantitative estimate of drug-likeness (QED) is 0.746. The first-order valence-corrected chi connectivity index (χ1v) is 8.57. The molecule has 0 amide bonds. The van der Waals surface area contributed by atoms with E-state index in [0.29, 0.717) is 0 Å². The van der Waals surface area contributed by atoms with Gasteiger partial charge in [0.2, 0.25) is 0 Å². The number of benzene rings is 1. The molecule has 1 aromatic carbocycles. The van der Waals surface area contributed by atoms with Crippen LogP contribution in [-0.4, -0.2) is 22.3 Å². The van der Waals surface area contributed by atoms with Gasteiger partial charge in [0, 0.05) is 4.90 Å². The molecule has 82 valence electrons. The Hall–Kier alpha value is 0.270. The van der Waals surface area contributed by atoms with Crippen LogP contribution in [0.5, 0.6) is 0 Å². The second-order valence-corrected chi connectivity index (χ2v) is 7.38. The van der Waals surface area contributed by atoms with Crippen molar-refractivity contribution in [2.24, 2.45) is 0 Å². The minimum atomic E-state index is 0.788. The fourth-order valence-corrected chi connectivity index (χ4v) is 5.04. The smallest absolute Gasteiger partial charge is 0.0542 e. The van der Waals surface area contributed by atoms with E-state index in [1.54, 1.807) is 0 Å². The average Bonchev–Trinajstić information content (AvgIpc) is 2.31. The largest absolute Gasteiger partial charge is 0.147 e. The third kappa shape index (κ3) is 3.65. The Morgan fingerprint density at radius 3 is 2.87 bits per heavy atom. The second-order valence-electron chi connectivity index (χ2n) is 3.58. The van der Waals surface area contributed by atoms with Crippen LogP contribution in [-0.2, 0) is 6.42 Å². The lowest BCUT2D eigenvalue weighted by Gasteiger charge is -2.20. The zero-order valence-electron chi connectivity index (χ0n) is 8.94. The summed E-state index contributed by atoms with van der Waals surface area (Å²) < 4.78 is 0.788. The van der Waals surface area contributed by atoms with Gasteiger partial charge in [0.15, 0.2) is 0 Å². The Balaban J connectivity index is 1.96. The monoisotopic (exact) mass is 256 g/mol. The molecular formula is C12H16S3. The van der Waals surface area contributed by atoms with Gasteiger partial charge in [0.05, 0.1) is 4.58 Å². The maximum atomic E-state index is 2.33. The molecule has 0 unspecified atom stereocenters. The van der Waals surface area contributed by atoms with Crippen molar-refractivity contribution < 1.29 is 0 Å². The van der Waals surface area contributed by atoms with Crippen molar-refractivity contribution in [3.05, 3.63) is 29.8 Å². The predicted molar refractivity (Wildman–Crippen MR) is 75.2 cm³/mol. The van der Waals surface area contributed by atoms with Crippen LogP contribution in [0.4, 0.5) is 0 Å². The standard InChI is InChI=1S/C12H16S3/c1-13-11-5-2-4-10(8-11)9-12-14-6-3-7-15-12/h2,4-5,8,12H,3,6-7,9H2,1H3. The molecule has 0 spiro atoms. The van der Waals surface area contributed by atoms with Crippen LogP contribution in [0, 0.1) is 0 Å². The Bertz CT molecular complexity index is 305. The molecule has 1 aromatic rings. The topological polar surface area (TPSA) is 0 Å². The van der Waals surface area contributed by atoms with Gasteiger partial charge >= 0.3 is 0 Å². The predicted octanol–water partition coefficient (Wildman–Crippen LogP) is 4.15. The van der Waals surface area contributed by atoms with Crippen LogP contribution < -0.4 is 0 Å². The van der Waals surface area contributed by atoms with E-state index in [1.165, 1.54) is 34.8 Å². The zero-order valence-corrected chi connectivity index (χ0v) is 11.4. The van der Waals surface area contributed by atoms with Crippen molar-refractivity contribution in [1.29, 1.82) is 0 Å². The highest BCUT2D eigenvalue weighted by atomic mass is 32.2.